The van der Waals surface area contributed by atoms with Crippen LogP contribution < -0.4 is 5.73 Å². The van der Waals surface area contributed by atoms with Gasteiger partial charge < -0.3 is 5.73 Å². The van der Waals surface area contributed by atoms with Gasteiger partial charge in [-0.1, -0.05) is 23.9 Å². The summed E-state index contributed by atoms with van der Waals surface area (Å²) in [6, 6.07) is 7.97. The minimum atomic E-state index is 0.282. The van der Waals surface area contributed by atoms with Crippen LogP contribution in [0.1, 0.15) is 34.7 Å². The number of nitrogens with zero attached hydrogens (tertiary/aromatic N) is 2. The van der Waals surface area contributed by atoms with E-state index in [0.717, 1.165) is 22.2 Å². The number of nitrogen functional groups attached to an aromatic ring is 1. The number of hydrogen-bond donors (Lipinski definition) is 1. The predicted octanol–water partition coefficient (Wildman–Crippen LogP) is 3.84. The van der Waals surface area contributed by atoms with Gasteiger partial charge in [-0.15, -0.1) is 0 Å². The molecule has 4 heteroatoms. The van der Waals surface area contributed by atoms with Crippen molar-refractivity contribution in [3.05, 3.63) is 46.8 Å². The lowest BCUT2D eigenvalue weighted by molar-refractivity contribution is 0.874. The first-order valence-corrected chi connectivity index (χ1v) is 7.19. The smallest absolute Gasteiger partial charge is 0.188 e. The molecule has 1 atom stereocenters. The van der Waals surface area contributed by atoms with Gasteiger partial charge in [-0.3, -0.25) is 0 Å². The predicted molar refractivity (Wildman–Crippen MR) is 81.4 cm³/mol. The molecule has 0 amide bonds. The minimum Gasteiger partial charge on any atom is -0.399 e. The molecule has 1 aromatic carbocycles. The van der Waals surface area contributed by atoms with Crippen LogP contribution in [0.5, 0.6) is 0 Å². The Morgan fingerprint density at radius 3 is 2.32 bits per heavy atom. The molecule has 0 fully saturated rings. The standard InChI is InChI=1S/C15H19N3S/c1-9-10(2)17-15(18-11(9)3)19-12(4)13-6-5-7-14(16)8-13/h5-8,12H,16H2,1-4H3. The number of thioether (sulfide) groups is 1. The Bertz CT molecular complexity index is 573. The number of hydrogen-bond acceptors (Lipinski definition) is 4. The van der Waals surface area contributed by atoms with Gasteiger partial charge in [0.1, 0.15) is 0 Å². The fourth-order valence-electron chi connectivity index (χ4n) is 1.83. The Balaban J connectivity index is 2.21. The summed E-state index contributed by atoms with van der Waals surface area (Å²) >= 11 is 1.66. The lowest BCUT2D eigenvalue weighted by Crippen LogP contribution is -1.99. The summed E-state index contributed by atoms with van der Waals surface area (Å²) in [6.07, 6.45) is 0. The third-order valence-corrected chi connectivity index (χ3v) is 4.29. The topological polar surface area (TPSA) is 51.8 Å². The molecule has 2 rings (SSSR count). The van der Waals surface area contributed by atoms with Crippen molar-refractivity contribution in [2.75, 3.05) is 5.73 Å². The van der Waals surface area contributed by atoms with E-state index in [1.165, 1.54) is 11.1 Å². The van der Waals surface area contributed by atoms with Crippen LogP contribution in [0, 0.1) is 20.8 Å². The molecule has 100 valence electrons. The van der Waals surface area contributed by atoms with E-state index in [1.807, 2.05) is 32.0 Å². The molecule has 0 aliphatic heterocycles. The van der Waals surface area contributed by atoms with Crippen molar-refractivity contribution in [1.29, 1.82) is 0 Å². The van der Waals surface area contributed by atoms with Gasteiger partial charge in [0, 0.05) is 22.3 Å². The summed E-state index contributed by atoms with van der Waals surface area (Å²) in [6.45, 7) is 8.26. The van der Waals surface area contributed by atoms with E-state index < -0.39 is 0 Å². The first-order chi connectivity index (χ1) is 8.97. The van der Waals surface area contributed by atoms with Crippen LogP contribution in [0.2, 0.25) is 0 Å². The van der Waals surface area contributed by atoms with Gasteiger partial charge >= 0.3 is 0 Å². The van der Waals surface area contributed by atoms with E-state index >= 15 is 0 Å². The lowest BCUT2D eigenvalue weighted by atomic mass is 10.1. The Hall–Kier alpha value is -1.55. The Kier molecular flexibility index (Phi) is 4.10. The molecule has 0 radical (unpaired) electrons. The van der Waals surface area contributed by atoms with Gasteiger partial charge in [0.2, 0.25) is 0 Å². The van der Waals surface area contributed by atoms with E-state index in [9.17, 15) is 0 Å². The first-order valence-electron chi connectivity index (χ1n) is 6.31. The zero-order valence-electron chi connectivity index (χ0n) is 11.8. The average Bonchev–Trinajstić information content (AvgIpc) is 2.36. The fraction of sp³-hybridized carbons (Fsp3) is 0.333. The molecule has 0 saturated heterocycles. The van der Waals surface area contributed by atoms with Gasteiger partial charge in [0.25, 0.3) is 0 Å². The minimum absolute atomic E-state index is 0.282. The maximum absolute atomic E-state index is 5.82. The molecule has 0 spiro atoms. The van der Waals surface area contributed by atoms with Gasteiger partial charge in [0.15, 0.2) is 5.16 Å². The van der Waals surface area contributed by atoms with Crippen molar-refractivity contribution in [3.63, 3.8) is 0 Å². The lowest BCUT2D eigenvalue weighted by Gasteiger charge is -2.13. The van der Waals surface area contributed by atoms with Crippen LogP contribution >= 0.6 is 11.8 Å². The van der Waals surface area contributed by atoms with Crippen LogP contribution in [-0.4, -0.2) is 9.97 Å². The Morgan fingerprint density at radius 1 is 1.11 bits per heavy atom. The zero-order chi connectivity index (χ0) is 14.0. The maximum Gasteiger partial charge on any atom is 0.188 e. The number of rotatable bonds is 3. The van der Waals surface area contributed by atoms with Crippen LogP contribution in [0.3, 0.4) is 0 Å². The van der Waals surface area contributed by atoms with Crippen molar-refractivity contribution in [2.45, 2.75) is 38.1 Å². The van der Waals surface area contributed by atoms with Gasteiger partial charge in [-0.25, -0.2) is 9.97 Å². The highest BCUT2D eigenvalue weighted by Crippen LogP contribution is 2.33. The van der Waals surface area contributed by atoms with Crippen LogP contribution in [0.25, 0.3) is 0 Å². The Morgan fingerprint density at radius 2 is 1.74 bits per heavy atom. The molecular formula is C15H19N3S. The van der Waals surface area contributed by atoms with Crippen molar-refractivity contribution in [1.82, 2.24) is 9.97 Å². The largest absolute Gasteiger partial charge is 0.399 e. The quantitative estimate of drug-likeness (QED) is 0.524. The summed E-state index contributed by atoms with van der Waals surface area (Å²) in [7, 11) is 0. The van der Waals surface area contributed by atoms with Crippen LogP contribution in [0.4, 0.5) is 5.69 Å². The number of anilines is 1. The average molecular weight is 273 g/mol. The second kappa shape index (κ2) is 5.61. The van der Waals surface area contributed by atoms with E-state index in [2.05, 4.69) is 29.9 Å². The van der Waals surface area contributed by atoms with Crippen molar-refractivity contribution < 1.29 is 0 Å². The molecule has 0 saturated carbocycles. The number of aryl methyl sites for hydroxylation is 2. The highest BCUT2D eigenvalue weighted by molar-refractivity contribution is 7.99. The number of benzene rings is 1. The SMILES string of the molecule is Cc1nc(SC(C)c2cccc(N)c2)nc(C)c1C. The molecule has 1 heterocycles. The molecule has 2 aromatic rings. The molecule has 1 aromatic heterocycles. The van der Waals surface area contributed by atoms with Gasteiger partial charge in [-0.05, 0) is 51.0 Å². The summed E-state index contributed by atoms with van der Waals surface area (Å²) in [5.74, 6) is 0. The maximum atomic E-state index is 5.82. The molecule has 3 nitrogen and oxygen atoms in total. The molecule has 0 bridgehead atoms. The zero-order valence-corrected chi connectivity index (χ0v) is 12.6. The molecular weight excluding hydrogens is 254 g/mol. The van der Waals surface area contributed by atoms with Crippen molar-refractivity contribution in [3.8, 4) is 0 Å². The molecule has 0 aliphatic rings. The van der Waals surface area contributed by atoms with Crippen LogP contribution in [0.15, 0.2) is 29.4 Å². The monoisotopic (exact) mass is 273 g/mol. The molecule has 1 unspecified atom stereocenters. The van der Waals surface area contributed by atoms with E-state index in [-0.39, 0.29) is 5.25 Å². The third-order valence-electron chi connectivity index (χ3n) is 3.27. The van der Waals surface area contributed by atoms with Crippen LogP contribution in [-0.2, 0) is 0 Å². The van der Waals surface area contributed by atoms with E-state index in [1.54, 1.807) is 11.8 Å². The Labute approximate surface area is 118 Å². The van der Waals surface area contributed by atoms with Gasteiger partial charge in [-0.2, -0.15) is 0 Å². The summed E-state index contributed by atoms with van der Waals surface area (Å²) in [5.41, 5.74) is 11.1. The molecule has 19 heavy (non-hydrogen) atoms. The summed E-state index contributed by atoms with van der Waals surface area (Å²) in [5, 5.41) is 1.11. The normalized spacial score (nSPS) is 12.4. The third kappa shape index (κ3) is 3.26. The van der Waals surface area contributed by atoms with Gasteiger partial charge in [0.05, 0.1) is 0 Å². The second-order valence-corrected chi connectivity index (χ2v) is 6.04. The number of aromatic nitrogens is 2. The molecule has 2 N–H and O–H groups in total. The highest BCUT2D eigenvalue weighted by atomic mass is 32.2. The fourth-order valence-corrected chi connectivity index (χ4v) is 2.81. The highest BCUT2D eigenvalue weighted by Gasteiger charge is 2.11. The van der Waals surface area contributed by atoms with E-state index in [0.29, 0.717) is 0 Å². The summed E-state index contributed by atoms with van der Waals surface area (Å²) in [4.78, 5) is 9.08. The van der Waals surface area contributed by atoms with Crippen molar-refractivity contribution >= 4 is 17.4 Å². The van der Waals surface area contributed by atoms with Crippen molar-refractivity contribution in [2.24, 2.45) is 0 Å². The number of nitrogens with two attached hydrogens (primary N) is 1. The summed E-state index contributed by atoms with van der Waals surface area (Å²) < 4.78 is 0. The van der Waals surface area contributed by atoms with E-state index in [4.69, 9.17) is 5.73 Å². The molecule has 0 aliphatic carbocycles. The second-order valence-electron chi connectivity index (χ2n) is 4.73. The first kappa shape index (κ1) is 13.9.